The van der Waals surface area contributed by atoms with Crippen LogP contribution in [0.5, 0.6) is 0 Å². The smallest absolute Gasteiger partial charge is 0.224 e. The number of nitrogens with two attached hydrogens (primary N) is 1. The molecule has 1 aliphatic heterocycles. The quantitative estimate of drug-likeness (QED) is 0.476. The van der Waals surface area contributed by atoms with E-state index < -0.39 is 0 Å². The third-order valence-corrected chi connectivity index (χ3v) is 6.65. The third kappa shape index (κ3) is 3.61. The van der Waals surface area contributed by atoms with Crippen molar-refractivity contribution in [3.8, 4) is 11.1 Å². The Morgan fingerprint density at radius 3 is 2.74 bits per heavy atom. The molecule has 4 aromatic rings. The lowest BCUT2D eigenvalue weighted by Crippen LogP contribution is -2.27. The molecule has 3 heterocycles. The summed E-state index contributed by atoms with van der Waals surface area (Å²) in [5.74, 6) is 1.11. The number of rotatable bonds is 6. The van der Waals surface area contributed by atoms with Crippen molar-refractivity contribution >= 4 is 33.6 Å². The van der Waals surface area contributed by atoms with Gasteiger partial charge in [-0.05, 0) is 63.5 Å². The summed E-state index contributed by atoms with van der Waals surface area (Å²) in [6.45, 7) is 5.17. The largest absolute Gasteiger partial charge is 0.383 e. The fourth-order valence-electron chi connectivity index (χ4n) is 4.96. The van der Waals surface area contributed by atoms with E-state index in [2.05, 4.69) is 81.2 Å². The number of nitrogens with one attached hydrogen (secondary N) is 1. The molecule has 31 heavy (non-hydrogen) atoms. The zero-order valence-electron chi connectivity index (χ0n) is 18.3. The summed E-state index contributed by atoms with van der Waals surface area (Å²) < 4.78 is 2.35. The molecule has 0 bridgehead atoms. The highest BCUT2D eigenvalue weighted by Crippen LogP contribution is 2.34. The van der Waals surface area contributed by atoms with Gasteiger partial charge in [-0.2, -0.15) is 4.98 Å². The maximum absolute atomic E-state index is 6.35. The van der Waals surface area contributed by atoms with Crippen LogP contribution in [-0.2, 0) is 6.54 Å². The SMILES string of the molecule is CCn1c2ccccc2c2cc(-c3cnc(NCCC4CCCN4C)nc3N)ccc21. The normalized spacial score (nSPS) is 17.0. The highest BCUT2D eigenvalue weighted by Gasteiger charge is 2.20. The van der Waals surface area contributed by atoms with E-state index in [1.54, 1.807) is 0 Å². The molecule has 2 aromatic carbocycles. The molecule has 0 radical (unpaired) electrons. The van der Waals surface area contributed by atoms with Crippen LogP contribution in [0.3, 0.4) is 0 Å². The van der Waals surface area contributed by atoms with E-state index in [9.17, 15) is 0 Å². The molecule has 6 nitrogen and oxygen atoms in total. The van der Waals surface area contributed by atoms with Gasteiger partial charge in [-0.1, -0.05) is 24.3 Å². The lowest BCUT2D eigenvalue weighted by molar-refractivity contribution is 0.301. The van der Waals surface area contributed by atoms with Crippen molar-refractivity contribution < 1.29 is 0 Å². The zero-order valence-corrected chi connectivity index (χ0v) is 18.3. The second-order valence-electron chi connectivity index (χ2n) is 8.48. The Morgan fingerprint density at radius 2 is 1.97 bits per heavy atom. The van der Waals surface area contributed by atoms with Gasteiger partial charge in [0.2, 0.25) is 5.95 Å². The van der Waals surface area contributed by atoms with Crippen molar-refractivity contribution in [3.63, 3.8) is 0 Å². The molecule has 1 unspecified atom stereocenters. The first kappa shape index (κ1) is 19.8. The second kappa shape index (κ2) is 8.19. The van der Waals surface area contributed by atoms with Crippen molar-refractivity contribution in [2.45, 2.75) is 38.8 Å². The number of hydrogen-bond donors (Lipinski definition) is 2. The van der Waals surface area contributed by atoms with E-state index in [0.717, 1.165) is 30.6 Å². The van der Waals surface area contributed by atoms with Gasteiger partial charge in [0.1, 0.15) is 5.82 Å². The van der Waals surface area contributed by atoms with Gasteiger partial charge in [0.25, 0.3) is 0 Å². The first-order valence-corrected chi connectivity index (χ1v) is 11.2. The minimum Gasteiger partial charge on any atom is -0.383 e. The third-order valence-electron chi connectivity index (χ3n) is 6.65. The van der Waals surface area contributed by atoms with Crippen LogP contribution in [0.25, 0.3) is 32.9 Å². The van der Waals surface area contributed by atoms with Gasteiger partial charge in [0, 0.05) is 52.7 Å². The van der Waals surface area contributed by atoms with Crippen molar-refractivity contribution in [2.24, 2.45) is 0 Å². The Morgan fingerprint density at radius 1 is 1.13 bits per heavy atom. The fourth-order valence-corrected chi connectivity index (χ4v) is 4.96. The molecule has 3 N–H and O–H groups in total. The number of benzene rings is 2. The van der Waals surface area contributed by atoms with Crippen molar-refractivity contribution in [1.82, 2.24) is 19.4 Å². The van der Waals surface area contributed by atoms with Crippen LogP contribution >= 0.6 is 0 Å². The molecule has 2 aromatic heterocycles. The summed E-state index contributed by atoms with van der Waals surface area (Å²) in [4.78, 5) is 11.5. The highest BCUT2D eigenvalue weighted by molar-refractivity contribution is 6.09. The van der Waals surface area contributed by atoms with Crippen molar-refractivity contribution in [2.75, 3.05) is 31.2 Å². The van der Waals surface area contributed by atoms with Crippen LogP contribution in [0.1, 0.15) is 26.2 Å². The summed E-state index contributed by atoms with van der Waals surface area (Å²) in [5, 5.41) is 5.84. The zero-order chi connectivity index (χ0) is 21.4. The number of anilines is 2. The summed E-state index contributed by atoms with van der Waals surface area (Å²) in [6.07, 6.45) is 5.50. The molecule has 5 rings (SSSR count). The Kier molecular flexibility index (Phi) is 5.24. The molecule has 1 atom stereocenters. The average Bonchev–Trinajstić information content (AvgIpc) is 3.34. The van der Waals surface area contributed by atoms with Gasteiger partial charge in [0.05, 0.1) is 0 Å². The average molecular weight is 415 g/mol. The van der Waals surface area contributed by atoms with Crippen molar-refractivity contribution in [3.05, 3.63) is 48.7 Å². The van der Waals surface area contributed by atoms with Gasteiger partial charge in [-0.3, -0.25) is 0 Å². The van der Waals surface area contributed by atoms with E-state index in [0.29, 0.717) is 17.8 Å². The van der Waals surface area contributed by atoms with Gasteiger partial charge < -0.3 is 20.5 Å². The molecule has 1 aliphatic rings. The highest BCUT2D eigenvalue weighted by atomic mass is 15.2. The fraction of sp³-hybridized carbons (Fsp3) is 0.360. The van der Waals surface area contributed by atoms with Crippen LogP contribution in [0.2, 0.25) is 0 Å². The molecule has 160 valence electrons. The standard InChI is InChI=1S/C25H30N6/c1-3-31-22-9-5-4-8-19(22)20-15-17(10-11-23(20)31)21-16-28-25(29-24(21)26)27-13-12-18-7-6-14-30(18)2/h4-5,8-11,15-16,18H,3,6-7,12-14H2,1-2H3,(H3,26,27,28,29). The number of para-hydroxylation sites is 1. The molecule has 0 spiro atoms. The predicted molar refractivity (Wildman–Crippen MR) is 129 cm³/mol. The second-order valence-corrected chi connectivity index (χ2v) is 8.48. The Bertz CT molecular complexity index is 1230. The number of hydrogen-bond acceptors (Lipinski definition) is 5. The number of aryl methyl sites for hydroxylation is 1. The van der Waals surface area contributed by atoms with Gasteiger partial charge in [0.15, 0.2) is 0 Å². The van der Waals surface area contributed by atoms with E-state index in [1.165, 1.54) is 41.2 Å². The molecule has 0 saturated carbocycles. The number of likely N-dealkylation sites (tertiary alicyclic amines) is 1. The summed E-state index contributed by atoms with van der Waals surface area (Å²) in [5.41, 5.74) is 10.8. The first-order chi connectivity index (χ1) is 15.2. The number of fused-ring (bicyclic) bond motifs is 3. The summed E-state index contributed by atoms with van der Waals surface area (Å²) in [7, 11) is 2.20. The van der Waals surface area contributed by atoms with Crippen LogP contribution in [0.4, 0.5) is 11.8 Å². The predicted octanol–water partition coefficient (Wildman–Crippen LogP) is 4.75. The Labute approximate surface area is 183 Å². The maximum Gasteiger partial charge on any atom is 0.224 e. The number of nitrogens with zero attached hydrogens (tertiary/aromatic N) is 4. The van der Waals surface area contributed by atoms with Gasteiger partial charge in [-0.15, -0.1) is 0 Å². The number of nitrogen functional groups attached to an aromatic ring is 1. The molecule has 0 aliphatic carbocycles. The van der Waals surface area contributed by atoms with E-state index in [4.69, 9.17) is 5.73 Å². The topological polar surface area (TPSA) is 72.0 Å². The van der Waals surface area contributed by atoms with Crippen LogP contribution < -0.4 is 11.1 Å². The monoisotopic (exact) mass is 414 g/mol. The maximum atomic E-state index is 6.35. The lowest BCUT2D eigenvalue weighted by Gasteiger charge is -2.19. The molecule has 1 saturated heterocycles. The van der Waals surface area contributed by atoms with Crippen LogP contribution in [-0.4, -0.2) is 45.6 Å². The lowest BCUT2D eigenvalue weighted by atomic mass is 10.0. The molecule has 1 fully saturated rings. The van der Waals surface area contributed by atoms with E-state index in [-0.39, 0.29) is 0 Å². The molecular formula is C25H30N6. The first-order valence-electron chi connectivity index (χ1n) is 11.2. The molecule has 6 heteroatoms. The van der Waals surface area contributed by atoms with E-state index >= 15 is 0 Å². The van der Waals surface area contributed by atoms with Crippen LogP contribution in [0, 0.1) is 0 Å². The van der Waals surface area contributed by atoms with Gasteiger partial charge in [-0.25, -0.2) is 4.98 Å². The minimum absolute atomic E-state index is 0.508. The summed E-state index contributed by atoms with van der Waals surface area (Å²) in [6, 6.07) is 15.7. The summed E-state index contributed by atoms with van der Waals surface area (Å²) >= 11 is 0. The molecule has 0 amide bonds. The molecular weight excluding hydrogens is 384 g/mol. The van der Waals surface area contributed by atoms with E-state index in [1.807, 2.05) is 6.20 Å². The van der Waals surface area contributed by atoms with Crippen LogP contribution in [0.15, 0.2) is 48.7 Å². The minimum atomic E-state index is 0.508. The Balaban J connectivity index is 1.40. The number of aromatic nitrogens is 3. The Hall–Kier alpha value is -3.12. The van der Waals surface area contributed by atoms with Gasteiger partial charge >= 0.3 is 0 Å². The van der Waals surface area contributed by atoms with Crippen molar-refractivity contribution in [1.29, 1.82) is 0 Å².